The zero-order valence-electron chi connectivity index (χ0n) is 12.6. The quantitative estimate of drug-likeness (QED) is 0.448. The Morgan fingerprint density at radius 2 is 2.05 bits per heavy atom. The van der Waals surface area contributed by atoms with E-state index in [4.69, 9.17) is 10.00 Å². The van der Waals surface area contributed by atoms with E-state index in [2.05, 4.69) is 5.32 Å². The Morgan fingerprint density at radius 3 is 2.64 bits per heavy atom. The van der Waals surface area contributed by atoms with Crippen LogP contribution in [0.25, 0.3) is 0 Å². The molecule has 1 aromatic heterocycles. The molecule has 1 rings (SSSR count). The van der Waals surface area contributed by atoms with Crippen LogP contribution in [0.15, 0.2) is 6.07 Å². The van der Waals surface area contributed by atoms with Crippen molar-refractivity contribution < 1.29 is 19.1 Å². The largest absolute Gasteiger partial charge is 0.456 e. The van der Waals surface area contributed by atoms with Crippen LogP contribution in [0, 0.1) is 25.2 Å². The van der Waals surface area contributed by atoms with Crippen molar-refractivity contribution in [1.29, 1.82) is 5.26 Å². The maximum Gasteiger partial charge on any atom is 0.306 e. The third-order valence-electron chi connectivity index (χ3n) is 2.82. The second-order valence-corrected chi connectivity index (χ2v) is 6.13. The maximum atomic E-state index is 12.0. The lowest BCUT2D eigenvalue weighted by Crippen LogP contribution is -2.29. The molecule has 0 aromatic carbocycles. The van der Waals surface area contributed by atoms with Gasteiger partial charge in [-0.05, 0) is 19.9 Å². The fraction of sp³-hybridized carbons (Fsp3) is 0.467. The number of nitriles is 1. The standard InChI is InChI=1S/C15H18N2O4S/c1-10-8-12(11(2)22-10)13(18)4-5-15(20)21-9-14(19)17-7-3-6-16/h8H,3-5,7,9H2,1-2H3,(H,17,19). The molecule has 0 aliphatic heterocycles. The summed E-state index contributed by atoms with van der Waals surface area (Å²) in [5.41, 5.74) is 0.643. The SMILES string of the molecule is Cc1cc(C(=O)CCC(=O)OCC(=O)NCCC#N)c(C)s1. The lowest BCUT2D eigenvalue weighted by atomic mass is 10.1. The summed E-state index contributed by atoms with van der Waals surface area (Å²) in [6, 6.07) is 3.70. The van der Waals surface area contributed by atoms with Crippen LogP contribution in [0.1, 0.15) is 39.4 Å². The summed E-state index contributed by atoms with van der Waals surface area (Å²) in [7, 11) is 0. The number of amides is 1. The van der Waals surface area contributed by atoms with Crippen molar-refractivity contribution in [3.8, 4) is 6.07 Å². The number of hydrogen-bond donors (Lipinski definition) is 1. The molecule has 0 fully saturated rings. The van der Waals surface area contributed by atoms with Gasteiger partial charge in [-0.2, -0.15) is 5.26 Å². The predicted molar refractivity (Wildman–Crippen MR) is 81.6 cm³/mol. The van der Waals surface area contributed by atoms with Gasteiger partial charge in [0, 0.05) is 28.3 Å². The lowest BCUT2D eigenvalue weighted by Gasteiger charge is -2.05. The highest BCUT2D eigenvalue weighted by Gasteiger charge is 2.15. The lowest BCUT2D eigenvalue weighted by molar-refractivity contribution is -0.148. The van der Waals surface area contributed by atoms with E-state index in [1.54, 1.807) is 11.3 Å². The minimum absolute atomic E-state index is 0.0569. The average Bonchev–Trinajstić information content (AvgIpc) is 2.81. The van der Waals surface area contributed by atoms with Gasteiger partial charge in [0.15, 0.2) is 12.4 Å². The fourth-order valence-corrected chi connectivity index (χ4v) is 2.73. The molecule has 0 aliphatic rings. The topological polar surface area (TPSA) is 96.3 Å². The van der Waals surface area contributed by atoms with Crippen molar-refractivity contribution in [2.45, 2.75) is 33.1 Å². The highest BCUT2D eigenvalue weighted by atomic mass is 32.1. The summed E-state index contributed by atoms with van der Waals surface area (Å²) < 4.78 is 4.77. The number of Topliss-reactive ketones (excluding diaryl/α,β-unsaturated/α-hetero) is 1. The van der Waals surface area contributed by atoms with Gasteiger partial charge in [0.25, 0.3) is 5.91 Å². The van der Waals surface area contributed by atoms with E-state index in [9.17, 15) is 14.4 Å². The molecule has 0 saturated heterocycles. The van der Waals surface area contributed by atoms with Crippen molar-refractivity contribution >= 4 is 29.0 Å². The van der Waals surface area contributed by atoms with E-state index >= 15 is 0 Å². The Hall–Kier alpha value is -2.20. The minimum Gasteiger partial charge on any atom is -0.456 e. The number of hydrogen-bond acceptors (Lipinski definition) is 6. The van der Waals surface area contributed by atoms with Crippen LogP contribution in [0.2, 0.25) is 0 Å². The third-order valence-corrected chi connectivity index (χ3v) is 3.79. The number of carbonyl (C=O) groups excluding carboxylic acids is 3. The summed E-state index contributed by atoms with van der Waals surface area (Å²) in [6.45, 7) is 3.62. The number of carbonyl (C=O) groups is 3. The van der Waals surface area contributed by atoms with Gasteiger partial charge in [0.05, 0.1) is 18.9 Å². The molecule has 0 atom stereocenters. The zero-order valence-corrected chi connectivity index (χ0v) is 13.4. The Bertz CT molecular complexity index is 601. The van der Waals surface area contributed by atoms with Crippen LogP contribution in [-0.2, 0) is 14.3 Å². The molecule has 0 spiro atoms. The molecule has 118 valence electrons. The van der Waals surface area contributed by atoms with Crippen LogP contribution in [0.5, 0.6) is 0 Å². The second kappa shape index (κ2) is 8.95. The summed E-state index contributed by atoms with van der Waals surface area (Å²) in [5.74, 6) is -1.15. The Kier molecular flexibility index (Phi) is 7.26. The summed E-state index contributed by atoms with van der Waals surface area (Å²) >= 11 is 1.54. The van der Waals surface area contributed by atoms with Gasteiger partial charge in [-0.15, -0.1) is 11.3 Å². The maximum absolute atomic E-state index is 12.0. The molecule has 0 bridgehead atoms. The molecular formula is C15H18N2O4S. The van der Waals surface area contributed by atoms with Crippen LogP contribution >= 0.6 is 11.3 Å². The number of ether oxygens (including phenoxy) is 1. The molecule has 1 heterocycles. The van der Waals surface area contributed by atoms with Gasteiger partial charge >= 0.3 is 5.97 Å². The van der Waals surface area contributed by atoms with Crippen molar-refractivity contribution in [2.24, 2.45) is 0 Å². The number of nitrogens with one attached hydrogen (secondary N) is 1. The van der Waals surface area contributed by atoms with E-state index < -0.39 is 18.5 Å². The predicted octanol–water partition coefficient (Wildman–Crippen LogP) is 1.90. The molecule has 1 N–H and O–H groups in total. The summed E-state index contributed by atoms with van der Waals surface area (Å²) in [4.78, 5) is 36.7. The van der Waals surface area contributed by atoms with Gasteiger partial charge in [-0.3, -0.25) is 14.4 Å². The molecule has 0 aliphatic carbocycles. The highest BCUT2D eigenvalue weighted by Crippen LogP contribution is 2.22. The number of aryl methyl sites for hydroxylation is 2. The number of esters is 1. The van der Waals surface area contributed by atoms with Gasteiger partial charge in [0.2, 0.25) is 0 Å². The van der Waals surface area contributed by atoms with Crippen molar-refractivity contribution in [3.63, 3.8) is 0 Å². The number of thiophene rings is 1. The molecular weight excluding hydrogens is 304 g/mol. The normalized spacial score (nSPS) is 9.86. The third kappa shape index (κ3) is 6.06. The van der Waals surface area contributed by atoms with Crippen LogP contribution in [0.4, 0.5) is 0 Å². The second-order valence-electron chi connectivity index (χ2n) is 4.67. The number of nitrogens with zero attached hydrogens (tertiary/aromatic N) is 1. The summed E-state index contributed by atoms with van der Waals surface area (Å²) in [6.07, 6.45) is 0.206. The first-order chi connectivity index (χ1) is 10.4. The zero-order chi connectivity index (χ0) is 16.5. The number of rotatable bonds is 8. The fourth-order valence-electron chi connectivity index (χ4n) is 1.78. The van der Waals surface area contributed by atoms with Crippen molar-refractivity contribution in [1.82, 2.24) is 5.32 Å². The molecule has 6 nitrogen and oxygen atoms in total. The molecule has 1 amide bonds. The van der Waals surface area contributed by atoms with E-state index in [-0.39, 0.29) is 31.6 Å². The monoisotopic (exact) mass is 322 g/mol. The van der Waals surface area contributed by atoms with Gasteiger partial charge in [-0.25, -0.2) is 0 Å². The Morgan fingerprint density at radius 1 is 1.32 bits per heavy atom. The first kappa shape index (κ1) is 17.9. The van der Waals surface area contributed by atoms with E-state index in [1.165, 1.54) is 0 Å². The number of ketones is 1. The van der Waals surface area contributed by atoms with Gasteiger partial charge in [-0.1, -0.05) is 0 Å². The van der Waals surface area contributed by atoms with E-state index in [1.807, 2.05) is 26.0 Å². The molecule has 7 heteroatoms. The Balaban J connectivity index is 2.28. The molecule has 22 heavy (non-hydrogen) atoms. The minimum atomic E-state index is -0.589. The van der Waals surface area contributed by atoms with E-state index in [0.29, 0.717) is 5.56 Å². The smallest absolute Gasteiger partial charge is 0.306 e. The van der Waals surface area contributed by atoms with Crippen LogP contribution in [0.3, 0.4) is 0 Å². The van der Waals surface area contributed by atoms with Gasteiger partial charge < -0.3 is 10.1 Å². The molecule has 1 aromatic rings. The molecule has 0 unspecified atom stereocenters. The van der Waals surface area contributed by atoms with Crippen LogP contribution < -0.4 is 5.32 Å². The summed E-state index contributed by atoms with van der Waals surface area (Å²) in [5, 5.41) is 10.8. The van der Waals surface area contributed by atoms with Gasteiger partial charge in [0.1, 0.15) is 0 Å². The highest BCUT2D eigenvalue weighted by molar-refractivity contribution is 7.12. The average molecular weight is 322 g/mol. The van der Waals surface area contributed by atoms with Crippen LogP contribution in [-0.4, -0.2) is 30.8 Å². The molecule has 0 radical (unpaired) electrons. The Labute approximate surface area is 133 Å². The first-order valence-corrected chi connectivity index (χ1v) is 7.65. The molecule has 0 saturated carbocycles. The first-order valence-electron chi connectivity index (χ1n) is 6.83. The van der Waals surface area contributed by atoms with Crippen molar-refractivity contribution in [3.05, 3.63) is 21.4 Å². The van der Waals surface area contributed by atoms with E-state index in [0.717, 1.165) is 9.75 Å². The van der Waals surface area contributed by atoms with Crippen molar-refractivity contribution in [2.75, 3.05) is 13.2 Å².